The third-order valence-electron chi connectivity index (χ3n) is 3.21. The van der Waals surface area contributed by atoms with E-state index in [1.54, 1.807) is 11.9 Å². The zero-order chi connectivity index (χ0) is 15.5. The van der Waals surface area contributed by atoms with E-state index in [2.05, 4.69) is 4.98 Å². The van der Waals surface area contributed by atoms with Crippen molar-refractivity contribution >= 4 is 5.82 Å². The first-order valence-corrected chi connectivity index (χ1v) is 6.43. The smallest absolute Gasteiger partial charge is 0.355 e. The predicted molar refractivity (Wildman–Crippen MR) is 75.7 cm³/mol. The maximum absolute atomic E-state index is 12.7. The van der Waals surface area contributed by atoms with Crippen LogP contribution in [0.3, 0.4) is 0 Å². The molecule has 2 N–H and O–H groups in total. The molecule has 0 unspecified atom stereocenters. The highest BCUT2D eigenvalue weighted by molar-refractivity contribution is 5.42. The Morgan fingerprint density at radius 2 is 1.81 bits per heavy atom. The van der Waals surface area contributed by atoms with Crippen LogP contribution >= 0.6 is 0 Å². The molecule has 0 fully saturated rings. The fourth-order valence-corrected chi connectivity index (χ4v) is 2.05. The summed E-state index contributed by atoms with van der Waals surface area (Å²) in [7, 11) is 1.70. The summed E-state index contributed by atoms with van der Waals surface area (Å²) in [4.78, 5) is 5.67. The van der Waals surface area contributed by atoms with Crippen molar-refractivity contribution < 1.29 is 13.2 Å². The van der Waals surface area contributed by atoms with Crippen LogP contribution in [0.1, 0.15) is 16.7 Å². The van der Waals surface area contributed by atoms with Crippen molar-refractivity contribution in [3.63, 3.8) is 0 Å². The van der Waals surface area contributed by atoms with Crippen molar-refractivity contribution in [3.05, 3.63) is 59.3 Å². The van der Waals surface area contributed by atoms with E-state index in [1.807, 2.05) is 24.3 Å². The van der Waals surface area contributed by atoms with Crippen molar-refractivity contribution in [2.24, 2.45) is 5.73 Å². The molecule has 0 saturated heterocycles. The number of hydrogen-bond donors (Lipinski definition) is 1. The molecule has 0 aliphatic rings. The molecule has 0 amide bonds. The summed E-state index contributed by atoms with van der Waals surface area (Å²) in [6, 6.07) is 9.58. The standard InChI is InChI=1S/C15H16F3N3/c1-21(10-12-5-3-2-4-11(12)9-19)14-8-13(6-7-20-14)15(16,17)18/h2-8H,9-10,19H2,1H3. The van der Waals surface area contributed by atoms with Crippen molar-refractivity contribution in [3.8, 4) is 0 Å². The fraction of sp³-hybridized carbons (Fsp3) is 0.267. The van der Waals surface area contributed by atoms with Crippen LogP contribution in [0.15, 0.2) is 42.6 Å². The molecular weight excluding hydrogens is 279 g/mol. The van der Waals surface area contributed by atoms with Gasteiger partial charge in [-0.25, -0.2) is 4.98 Å². The molecule has 0 radical (unpaired) electrons. The fourth-order valence-electron chi connectivity index (χ4n) is 2.05. The van der Waals surface area contributed by atoms with Crippen molar-refractivity contribution in [2.45, 2.75) is 19.3 Å². The molecule has 1 heterocycles. The zero-order valence-corrected chi connectivity index (χ0v) is 11.6. The lowest BCUT2D eigenvalue weighted by molar-refractivity contribution is -0.137. The van der Waals surface area contributed by atoms with Crippen molar-refractivity contribution in [1.82, 2.24) is 4.98 Å². The Labute approximate surface area is 121 Å². The van der Waals surface area contributed by atoms with Crippen LogP contribution in [0.2, 0.25) is 0 Å². The van der Waals surface area contributed by atoms with Gasteiger partial charge < -0.3 is 10.6 Å². The molecule has 2 rings (SSSR count). The number of nitrogens with two attached hydrogens (primary N) is 1. The maximum atomic E-state index is 12.7. The lowest BCUT2D eigenvalue weighted by Gasteiger charge is -2.20. The number of pyridine rings is 1. The molecule has 0 aliphatic heterocycles. The van der Waals surface area contributed by atoms with Crippen molar-refractivity contribution in [2.75, 3.05) is 11.9 Å². The summed E-state index contributed by atoms with van der Waals surface area (Å²) in [5, 5.41) is 0. The second-order valence-electron chi connectivity index (χ2n) is 4.73. The normalized spacial score (nSPS) is 11.5. The van der Waals surface area contributed by atoms with Gasteiger partial charge in [-0.05, 0) is 23.3 Å². The minimum atomic E-state index is -4.37. The molecule has 0 bridgehead atoms. The van der Waals surface area contributed by atoms with Gasteiger partial charge in [-0.3, -0.25) is 0 Å². The van der Waals surface area contributed by atoms with Crippen LogP contribution in [-0.4, -0.2) is 12.0 Å². The highest BCUT2D eigenvalue weighted by Gasteiger charge is 2.31. The first kappa shape index (κ1) is 15.3. The van der Waals surface area contributed by atoms with Gasteiger partial charge in [-0.2, -0.15) is 13.2 Å². The Morgan fingerprint density at radius 1 is 1.14 bits per heavy atom. The lowest BCUT2D eigenvalue weighted by Crippen LogP contribution is -2.20. The molecule has 3 nitrogen and oxygen atoms in total. The SMILES string of the molecule is CN(Cc1ccccc1CN)c1cc(C(F)(F)F)ccn1. The number of nitrogens with zero attached hydrogens (tertiary/aromatic N) is 2. The number of halogens is 3. The molecule has 0 spiro atoms. The van der Waals surface area contributed by atoms with Gasteiger partial charge in [-0.1, -0.05) is 24.3 Å². The highest BCUT2D eigenvalue weighted by Crippen LogP contribution is 2.30. The summed E-state index contributed by atoms with van der Waals surface area (Å²) in [5.74, 6) is 0.275. The maximum Gasteiger partial charge on any atom is 0.416 e. The van der Waals surface area contributed by atoms with Crippen LogP contribution in [0, 0.1) is 0 Å². The number of benzene rings is 1. The van der Waals surface area contributed by atoms with Crippen LogP contribution in [0.25, 0.3) is 0 Å². The summed E-state index contributed by atoms with van der Waals surface area (Å²) < 4.78 is 38.1. The van der Waals surface area contributed by atoms with Crippen LogP contribution in [0.5, 0.6) is 0 Å². The number of rotatable bonds is 4. The summed E-state index contributed by atoms with van der Waals surface area (Å²) >= 11 is 0. The first-order valence-electron chi connectivity index (χ1n) is 6.43. The average Bonchev–Trinajstić information content (AvgIpc) is 2.47. The molecule has 1 aromatic carbocycles. The Morgan fingerprint density at radius 3 is 2.43 bits per heavy atom. The molecule has 0 saturated carbocycles. The summed E-state index contributed by atoms with van der Waals surface area (Å²) in [6.07, 6.45) is -3.20. The largest absolute Gasteiger partial charge is 0.416 e. The summed E-state index contributed by atoms with van der Waals surface area (Å²) in [6.45, 7) is 0.835. The Bertz CT molecular complexity index is 611. The van der Waals surface area contributed by atoms with Gasteiger partial charge in [0.25, 0.3) is 0 Å². The van der Waals surface area contributed by atoms with Gasteiger partial charge in [0.2, 0.25) is 0 Å². The lowest BCUT2D eigenvalue weighted by atomic mass is 10.1. The monoisotopic (exact) mass is 295 g/mol. The van der Waals surface area contributed by atoms with E-state index >= 15 is 0 Å². The van der Waals surface area contributed by atoms with Crippen LogP contribution in [0.4, 0.5) is 19.0 Å². The van der Waals surface area contributed by atoms with E-state index in [9.17, 15) is 13.2 Å². The van der Waals surface area contributed by atoms with Gasteiger partial charge in [0.05, 0.1) is 5.56 Å². The molecule has 6 heteroatoms. The number of aromatic nitrogens is 1. The first-order chi connectivity index (χ1) is 9.91. The van der Waals surface area contributed by atoms with Crippen LogP contribution in [-0.2, 0) is 19.3 Å². The Kier molecular flexibility index (Phi) is 4.47. The van der Waals surface area contributed by atoms with Gasteiger partial charge in [0, 0.05) is 26.3 Å². The predicted octanol–water partition coefficient (Wildman–Crippen LogP) is 3.20. The molecule has 0 aliphatic carbocycles. The molecule has 2 aromatic rings. The van der Waals surface area contributed by atoms with Crippen molar-refractivity contribution in [1.29, 1.82) is 0 Å². The van der Waals surface area contributed by atoms with E-state index in [0.29, 0.717) is 13.1 Å². The van der Waals surface area contributed by atoms with E-state index < -0.39 is 11.7 Å². The minimum absolute atomic E-state index is 0.275. The third-order valence-corrected chi connectivity index (χ3v) is 3.21. The zero-order valence-electron chi connectivity index (χ0n) is 11.6. The Hall–Kier alpha value is -2.08. The van der Waals surface area contributed by atoms with E-state index in [-0.39, 0.29) is 5.82 Å². The van der Waals surface area contributed by atoms with Gasteiger partial charge in [0.1, 0.15) is 5.82 Å². The minimum Gasteiger partial charge on any atom is -0.355 e. The number of hydrogen-bond acceptors (Lipinski definition) is 3. The van der Waals surface area contributed by atoms with E-state index in [1.165, 1.54) is 6.20 Å². The molecule has 0 atom stereocenters. The quantitative estimate of drug-likeness (QED) is 0.942. The Balaban J connectivity index is 2.22. The highest BCUT2D eigenvalue weighted by atomic mass is 19.4. The van der Waals surface area contributed by atoms with E-state index in [0.717, 1.165) is 23.3 Å². The molecule has 112 valence electrons. The van der Waals surface area contributed by atoms with Gasteiger partial charge in [0.15, 0.2) is 0 Å². The average molecular weight is 295 g/mol. The number of alkyl halides is 3. The summed E-state index contributed by atoms with van der Waals surface area (Å²) in [5.41, 5.74) is 6.90. The molecule has 21 heavy (non-hydrogen) atoms. The second-order valence-corrected chi connectivity index (χ2v) is 4.73. The number of anilines is 1. The van der Waals surface area contributed by atoms with E-state index in [4.69, 9.17) is 5.73 Å². The third kappa shape index (κ3) is 3.72. The van der Waals surface area contributed by atoms with Gasteiger partial charge in [-0.15, -0.1) is 0 Å². The van der Waals surface area contributed by atoms with Gasteiger partial charge >= 0.3 is 6.18 Å². The topological polar surface area (TPSA) is 42.1 Å². The van der Waals surface area contributed by atoms with Crippen LogP contribution < -0.4 is 10.6 Å². The molecular formula is C15H16F3N3. The second kappa shape index (κ2) is 6.13. The molecule has 1 aromatic heterocycles.